The molecule has 70 heavy (non-hydrogen) atoms. The van der Waals surface area contributed by atoms with Gasteiger partial charge in [-0.1, -0.05) is 73.3 Å². The van der Waals surface area contributed by atoms with Gasteiger partial charge in [-0.25, -0.2) is 33.5 Å². The number of alkyl halides is 4. The Bertz CT molecular complexity index is 2520. The van der Waals surface area contributed by atoms with E-state index >= 15 is 0 Å². The monoisotopic (exact) mass is 974 g/mol. The number of allylic oxidation sites excluding steroid dienone is 4. The number of carboxylic acid groups (broad SMARTS) is 2. The molecule has 0 fully saturated rings. The van der Waals surface area contributed by atoms with Crippen molar-refractivity contribution in [2.24, 2.45) is 0 Å². The zero-order valence-corrected chi connectivity index (χ0v) is 40.0. The van der Waals surface area contributed by atoms with Gasteiger partial charge in [-0.05, 0) is 93.9 Å². The Morgan fingerprint density at radius 1 is 0.914 bits per heavy atom. The van der Waals surface area contributed by atoms with E-state index in [2.05, 4.69) is 71.1 Å². The summed E-state index contributed by atoms with van der Waals surface area (Å²) in [6.07, 6.45) is 10.6. The van der Waals surface area contributed by atoms with Gasteiger partial charge < -0.3 is 39.9 Å². The van der Waals surface area contributed by atoms with Crippen LogP contribution in [0, 0.1) is 0 Å². The largest absolute Gasteiger partial charge is 0.483 e. The summed E-state index contributed by atoms with van der Waals surface area (Å²) in [4.78, 5) is 63.1. The third-order valence-corrected chi connectivity index (χ3v) is 9.14. The molecule has 0 bridgehead atoms. The number of likely N-dealkylation sites (N-methyl/N-ethyl adjacent to an activating group) is 1. The summed E-state index contributed by atoms with van der Waals surface area (Å²) in [6.45, 7) is 8.95. The van der Waals surface area contributed by atoms with E-state index in [9.17, 15) is 37.1 Å². The Morgan fingerprint density at radius 2 is 1.57 bits per heavy atom. The number of imidazole rings is 2. The van der Waals surface area contributed by atoms with Gasteiger partial charge in [-0.15, -0.1) is 0 Å². The highest BCUT2D eigenvalue weighted by atomic mass is 19.3. The first kappa shape index (κ1) is 58.6. The molecule has 4 heterocycles. The second kappa shape index (κ2) is 31.5. The van der Waals surface area contributed by atoms with Gasteiger partial charge in [0.25, 0.3) is 6.47 Å². The summed E-state index contributed by atoms with van der Waals surface area (Å²) in [5.74, 6) is 0.0872. The molecule has 0 saturated heterocycles. The third-order valence-electron chi connectivity index (χ3n) is 9.14. The lowest BCUT2D eigenvalue weighted by Gasteiger charge is -2.15. The smallest absolute Gasteiger partial charge is 0.394 e. The summed E-state index contributed by atoms with van der Waals surface area (Å²) in [5, 5.41) is 21.9. The molecule has 0 aliphatic rings. The molecular weight excluding hydrogens is 913 g/mol. The number of carbonyl (C=O) groups excluding carboxylic acids is 2. The molecule has 4 aromatic heterocycles. The minimum absolute atomic E-state index is 0.103. The number of hydrogen-bond acceptors (Lipinski definition) is 10. The predicted molar refractivity (Wildman–Crippen MR) is 262 cm³/mol. The van der Waals surface area contributed by atoms with Crippen LogP contribution in [0.4, 0.5) is 17.6 Å². The number of aldehydes is 1. The number of halogens is 4. The van der Waals surface area contributed by atoms with Gasteiger partial charge in [0.1, 0.15) is 47.6 Å². The molecule has 0 aliphatic heterocycles. The molecule has 0 aliphatic carbocycles. The standard InChI is InChI=1S/C19H22N4O3.C18H17F2N3O2.C9H13N.C4H8F2.CH2O2/c1-3-6-13(7-4-2)12-15(19(25)26)22-17(24)10-9-16-21-14-8-5-11-20-18(14)23-16;1-18(19,20)25-14-8-6-13(7-9-14)12-23-16(5-3-11-24)22-15-4-2-10-21-17(15)23;1-10-8-7-9-5-3-2-4-6-9;1-4(2,6)3-5;2-1-3/h3-8,11,15H,1,9-10,12H2,2H3,(H,22,24)(H,25,26)(H,20,21,23);2,4,6-11H,3,5,12H2,1H3;2-6,10H,7-8H2,1H3;3H2,1-2H3;1H,(H,2,3)/b7-4-,13-6+;;;;. The number of fused-ring (bicyclic) bond motifs is 2. The minimum Gasteiger partial charge on any atom is -0.483 e. The van der Waals surface area contributed by atoms with Crippen LogP contribution in [-0.4, -0.2) is 102 Å². The molecule has 19 heteroatoms. The van der Waals surface area contributed by atoms with E-state index in [0.717, 1.165) is 52.9 Å². The average molecular weight is 975 g/mol. The number of pyridine rings is 2. The van der Waals surface area contributed by atoms with Crippen LogP contribution in [0.25, 0.3) is 22.3 Å². The second-order valence-electron chi connectivity index (χ2n) is 15.7. The molecule has 0 spiro atoms. The molecule has 1 amide bonds. The fourth-order valence-electron chi connectivity index (χ4n) is 6.02. The van der Waals surface area contributed by atoms with Crippen LogP contribution in [0.1, 0.15) is 69.7 Å². The normalized spacial score (nSPS) is 11.6. The molecule has 15 nitrogen and oxygen atoms in total. The van der Waals surface area contributed by atoms with E-state index in [1.54, 1.807) is 54.9 Å². The van der Waals surface area contributed by atoms with Gasteiger partial charge in [0, 0.05) is 51.4 Å². The van der Waals surface area contributed by atoms with Gasteiger partial charge in [0.2, 0.25) is 5.91 Å². The molecule has 2 aromatic carbocycles. The maximum atomic E-state index is 12.9. The summed E-state index contributed by atoms with van der Waals surface area (Å²) < 4.78 is 55.1. The fraction of sp³-hybridized carbons (Fsp3) is 0.333. The van der Waals surface area contributed by atoms with Crippen molar-refractivity contribution in [2.45, 2.75) is 90.6 Å². The van der Waals surface area contributed by atoms with Crippen LogP contribution in [0.3, 0.4) is 0 Å². The number of nitrogens with one attached hydrogen (secondary N) is 3. The molecule has 1 unspecified atom stereocenters. The number of H-pyrrole nitrogens is 1. The first-order chi connectivity index (χ1) is 33.4. The maximum absolute atomic E-state index is 12.9. The number of aryl methyl sites for hydroxylation is 2. The minimum atomic E-state index is -3.21. The molecule has 0 radical (unpaired) electrons. The Kier molecular flexibility index (Phi) is 26.4. The Hall–Kier alpha value is -7.54. The lowest BCUT2D eigenvalue weighted by Crippen LogP contribution is -2.41. The van der Waals surface area contributed by atoms with Crippen LogP contribution in [0.2, 0.25) is 0 Å². The number of hydrogen-bond donors (Lipinski definition) is 5. The highest BCUT2D eigenvalue weighted by Crippen LogP contribution is 2.23. The van der Waals surface area contributed by atoms with E-state index in [-0.39, 0.29) is 31.0 Å². The van der Waals surface area contributed by atoms with E-state index < -0.39 is 30.5 Å². The van der Waals surface area contributed by atoms with Gasteiger partial charge in [-0.3, -0.25) is 9.59 Å². The van der Waals surface area contributed by atoms with Crippen LogP contribution < -0.4 is 15.4 Å². The zero-order valence-electron chi connectivity index (χ0n) is 40.0. The lowest BCUT2D eigenvalue weighted by atomic mass is 10.0. The van der Waals surface area contributed by atoms with Crippen molar-refractivity contribution in [3.8, 4) is 5.75 Å². The van der Waals surface area contributed by atoms with Crippen molar-refractivity contribution < 1.29 is 51.7 Å². The second-order valence-corrected chi connectivity index (χ2v) is 15.7. The Balaban J connectivity index is 0.000000352. The van der Waals surface area contributed by atoms with E-state index in [1.807, 2.05) is 42.8 Å². The van der Waals surface area contributed by atoms with Gasteiger partial charge in [0.15, 0.2) is 11.3 Å². The van der Waals surface area contributed by atoms with Crippen molar-refractivity contribution in [1.29, 1.82) is 0 Å². The number of aromatic amines is 1. The van der Waals surface area contributed by atoms with E-state index in [4.69, 9.17) is 9.90 Å². The number of nitrogens with zero attached hydrogens (tertiary/aromatic N) is 5. The number of aliphatic carboxylic acids is 1. The van der Waals surface area contributed by atoms with Gasteiger partial charge >= 0.3 is 12.1 Å². The number of benzene rings is 2. The first-order valence-corrected chi connectivity index (χ1v) is 22.1. The highest BCUT2D eigenvalue weighted by Gasteiger charge is 2.23. The number of carboxylic acids is 1. The Labute approximate surface area is 404 Å². The summed E-state index contributed by atoms with van der Waals surface area (Å²) in [6, 6.07) is 23.3. The van der Waals surface area contributed by atoms with Crippen LogP contribution >= 0.6 is 0 Å². The molecule has 1 atom stereocenters. The van der Waals surface area contributed by atoms with E-state index in [1.165, 1.54) is 31.5 Å². The third kappa shape index (κ3) is 23.5. The molecule has 6 rings (SSSR count). The van der Waals surface area contributed by atoms with Crippen molar-refractivity contribution in [3.05, 3.63) is 150 Å². The average Bonchev–Trinajstić information content (AvgIpc) is 3.91. The predicted octanol–water partition coefficient (Wildman–Crippen LogP) is 8.99. The number of ether oxygens (including phenoxy) is 1. The van der Waals surface area contributed by atoms with Crippen molar-refractivity contribution in [1.82, 2.24) is 40.1 Å². The van der Waals surface area contributed by atoms with Crippen molar-refractivity contribution in [2.75, 3.05) is 20.3 Å². The van der Waals surface area contributed by atoms with Crippen LogP contribution in [0.5, 0.6) is 5.75 Å². The Morgan fingerprint density at radius 3 is 2.14 bits per heavy atom. The molecular formula is C51H62F4N8O7. The summed E-state index contributed by atoms with van der Waals surface area (Å²) >= 11 is 0. The summed E-state index contributed by atoms with van der Waals surface area (Å²) in [7, 11) is 1.98. The SMILES string of the molecule is C=C/C=C(\C=C/C)CC(NC(=O)CCc1nc2ncccc2[nH]1)C(=O)O.CC(C)(F)CF.CC(F)(F)Oc1ccc(Cn2c(CCC=O)nc3cccnc32)cc1.CNCCc1ccccc1.O=CO. The van der Waals surface area contributed by atoms with Crippen LogP contribution in [-0.2, 0) is 45.0 Å². The molecule has 376 valence electrons. The lowest BCUT2D eigenvalue weighted by molar-refractivity contribution is -0.159. The quantitative estimate of drug-likeness (QED) is 0.0275. The molecule has 6 aromatic rings. The van der Waals surface area contributed by atoms with Crippen molar-refractivity contribution >= 4 is 47.0 Å². The zero-order chi connectivity index (χ0) is 52.0. The van der Waals surface area contributed by atoms with Gasteiger partial charge in [0.05, 0.1) is 12.1 Å². The fourth-order valence-corrected chi connectivity index (χ4v) is 6.02. The maximum Gasteiger partial charge on any atom is 0.394 e. The topological polar surface area (TPSA) is 214 Å². The van der Waals surface area contributed by atoms with Gasteiger partial charge in [-0.2, -0.15) is 8.78 Å². The molecule has 5 N–H and O–H groups in total. The van der Waals surface area contributed by atoms with Crippen molar-refractivity contribution in [3.63, 3.8) is 0 Å². The summed E-state index contributed by atoms with van der Waals surface area (Å²) in [5.41, 5.74) is 4.33. The van der Waals surface area contributed by atoms with Crippen LogP contribution in [0.15, 0.2) is 128 Å². The molecule has 0 saturated carbocycles. The number of carbonyl (C=O) groups is 4. The number of amides is 1. The van der Waals surface area contributed by atoms with E-state index in [0.29, 0.717) is 44.2 Å². The highest BCUT2D eigenvalue weighted by molar-refractivity contribution is 5.84. The number of aromatic nitrogens is 6. The first-order valence-electron chi connectivity index (χ1n) is 22.1. The number of rotatable bonds is 20.